The van der Waals surface area contributed by atoms with Gasteiger partial charge in [0.15, 0.2) is 22.4 Å². The number of carbonyl (C=O) groups is 1. The lowest BCUT2D eigenvalue weighted by molar-refractivity contribution is -0.113. The smallest absolute Gasteiger partial charge is 0.266 e. The lowest BCUT2D eigenvalue weighted by Gasteiger charge is -2.06. The van der Waals surface area contributed by atoms with Crippen molar-refractivity contribution in [2.24, 2.45) is 0 Å². The molecule has 0 bridgehead atoms. The van der Waals surface area contributed by atoms with Crippen LogP contribution in [-0.4, -0.2) is 41.4 Å². The lowest BCUT2D eigenvalue weighted by atomic mass is 10.4. The van der Waals surface area contributed by atoms with Crippen LogP contribution in [0.5, 0.6) is 0 Å². The van der Waals surface area contributed by atoms with Crippen LogP contribution in [0.3, 0.4) is 0 Å². The zero-order valence-corrected chi connectivity index (χ0v) is 15.6. The van der Waals surface area contributed by atoms with Crippen molar-refractivity contribution in [2.75, 3.05) is 11.1 Å². The van der Waals surface area contributed by atoms with Crippen LogP contribution in [0.15, 0.2) is 38.8 Å². The Morgan fingerprint density at radius 1 is 1.41 bits per heavy atom. The van der Waals surface area contributed by atoms with Gasteiger partial charge >= 0.3 is 0 Å². The maximum atomic E-state index is 12.2. The highest BCUT2D eigenvalue weighted by Crippen LogP contribution is 2.22. The van der Waals surface area contributed by atoms with Crippen molar-refractivity contribution in [2.45, 2.75) is 18.5 Å². The van der Waals surface area contributed by atoms with Crippen LogP contribution in [0.4, 0.5) is 5.13 Å². The summed E-state index contributed by atoms with van der Waals surface area (Å²) in [6.07, 6.45) is 2.27. The maximum absolute atomic E-state index is 12.2. The molecule has 4 heterocycles. The van der Waals surface area contributed by atoms with Crippen molar-refractivity contribution in [3.63, 3.8) is 0 Å². The van der Waals surface area contributed by atoms with Crippen molar-refractivity contribution in [1.82, 2.24) is 29.8 Å². The van der Waals surface area contributed by atoms with Crippen LogP contribution in [0, 0.1) is 0 Å². The lowest BCUT2D eigenvalue weighted by Crippen LogP contribution is -2.15. The highest BCUT2D eigenvalue weighted by Gasteiger charge is 2.15. The van der Waals surface area contributed by atoms with Gasteiger partial charge < -0.3 is 4.42 Å². The molecule has 0 aliphatic carbocycles. The van der Waals surface area contributed by atoms with E-state index < -0.39 is 0 Å². The van der Waals surface area contributed by atoms with E-state index in [0.717, 1.165) is 23.2 Å². The first-order valence-corrected chi connectivity index (χ1v) is 9.71. The van der Waals surface area contributed by atoms with Gasteiger partial charge in [-0.25, -0.2) is 9.50 Å². The number of carbonyl (C=O) groups excluding carboxylic acids is 1. The van der Waals surface area contributed by atoms with Crippen molar-refractivity contribution in [3.8, 4) is 11.6 Å². The molecular formula is C15H13N7O3S2. The molecule has 27 heavy (non-hydrogen) atoms. The largest absolute Gasteiger partial charge is 0.461 e. The fourth-order valence-electron chi connectivity index (χ4n) is 2.23. The second-order valence-corrected chi connectivity index (χ2v) is 7.32. The molecule has 4 aromatic rings. The average molecular weight is 403 g/mol. The number of amides is 1. The molecular weight excluding hydrogens is 390 g/mol. The number of fused-ring (bicyclic) bond motifs is 1. The number of hydrogen-bond acceptors (Lipinski definition) is 9. The third-order valence-electron chi connectivity index (χ3n) is 3.41. The average Bonchev–Trinajstić information content (AvgIpc) is 3.39. The number of aromatic nitrogens is 6. The van der Waals surface area contributed by atoms with E-state index >= 15 is 0 Å². The van der Waals surface area contributed by atoms with Crippen molar-refractivity contribution < 1.29 is 9.21 Å². The molecule has 1 amide bonds. The van der Waals surface area contributed by atoms with Crippen LogP contribution < -0.4 is 10.9 Å². The van der Waals surface area contributed by atoms with E-state index in [-0.39, 0.29) is 17.2 Å². The van der Waals surface area contributed by atoms with E-state index in [1.54, 1.807) is 12.1 Å². The molecule has 0 spiro atoms. The monoisotopic (exact) mass is 403 g/mol. The Balaban J connectivity index is 1.55. The van der Waals surface area contributed by atoms with Crippen LogP contribution in [0.2, 0.25) is 0 Å². The normalized spacial score (nSPS) is 11.1. The number of anilines is 1. The Morgan fingerprint density at radius 2 is 2.30 bits per heavy atom. The Hall–Kier alpha value is -2.99. The number of aromatic amines is 1. The molecule has 0 aromatic carbocycles. The number of H-pyrrole nitrogens is 1. The van der Waals surface area contributed by atoms with Gasteiger partial charge in [-0.2, -0.15) is 4.98 Å². The molecule has 0 saturated carbocycles. The number of furan rings is 1. The first-order chi connectivity index (χ1) is 13.1. The summed E-state index contributed by atoms with van der Waals surface area (Å²) in [5.41, 5.74) is 0.0779. The number of thioether (sulfide) groups is 1. The highest BCUT2D eigenvalue weighted by atomic mass is 32.2. The Kier molecular flexibility index (Phi) is 4.73. The fraction of sp³-hybridized carbons (Fsp3) is 0.200. The summed E-state index contributed by atoms with van der Waals surface area (Å²) < 4.78 is 6.76. The second-order valence-electron chi connectivity index (χ2n) is 5.31. The van der Waals surface area contributed by atoms with Gasteiger partial charge in [0.25, 0.3) is 5.56 Å². The quantitative estimate of drug-likeness (QED) is 0.466. The highest BCUT2D eigenvalue weighted by molar-refractivity contribution is 7.99. The summed E-state index contributed by atoms with van der Waals surface area (Å²) in [5.74, 6) is 0.627. The molecule has 0 saturated heterocycles. The van der Waals surface area contributed by atoms with E-state index in [2.05, 4.69) is 30.6 Å². The van der Waals surface area contributed by atoms with Crippen molar-refractivity contribution in [3.05, 3.63) is 39.8 Å². The van der Waals surface area contributed by atoms with Gasteiger partial charge in [-0.1, -0.05) is 30.0 Å². The topological polar surface area (TPSA) is 131 Å². The van der Waals surface area contributed by atoms with E-state index in [1.807, 2.05) is 6.92 Å². The summed E-state index contributed by atoms with van der Waals surface area (Å²) in [6, 6.07) is 4.79. The first kappa shape index (κ1) is 17.4. The molecule has 138 valence electrons. The van der Waals surface area contributed by atoms with Crippen LogP contribution in [0.1, 0.15) is 11.9 Å². The molecule has 4 aromatic heterocycles. The van der Waals surface area contributed by atoms with E-state index in [4.69, 9.17) is 4.42 Å². The van der Waals surface area contributed by atoms with Crippen LogP contribution >= 0.6 is 23.1 Å². The van der Waals surface area contributed by atoms with Gasteiger partial charge in [-0.3, -0.25) is 20.0 Å². The Morgan fingerprint density at radius 3 is 3.04 bits per heavy atom. The predicted molar refractivity (Wildman–Crippen MR) is 100.0 cm³/mol. The number of nitrogens with one attached hydrogen (secondary N) is 2. The molecule has 10 nitrogen and oxygen atoms in total. The van der Waals surface area contributed by atoms with Gasteiger partial charge in [-0.15, -0.1) is 10.2 Å². The summed E-state index contributed by atoms with van der Waals surface area (Å²) >= 11 is 2.49. The molecule has 2 N–H and O–H groups in total. The molecule has 0 unspecified atom stereocenters. The minimum absolute atomic E-state index is 0.0744. The van der Waals surface area contributed by atoms with Crippen LogP contribution in [-0.2, 0) is 11.2 Å². The van der Waals surface area contributed by atoms with E-state index in [0.29, 0.717) is 27.5 Å². The first-order valence-electron chi connectivity index (χ1n) is 7.91. The Labute approximate surface area is 160 Å². The summed E-state index contributed by atoms with van der Waals surface area (Å²) in [6.45, 7) is 1.97. The molecule has 0 atom stereocenters. The van der Waals surface area contributed by atoms with E-state index in [9.17, 15) is 9.59 Å². The molecule has 12 heteroatoms. The van der Waals surface area contributed by atoms with Gasteiger partial charge in [0.2, 0.25) is 11.0 Å². The predicted octanol–water partition coefficient (Wildman–Crippen LogP) is 1.82. The zero-order valence-electron chi connectivity index (χ0n) is 14.0. The minimum Gasteiger partial charge on any atom is -0.461 e. The van der Waals surface area contributed by atoms with Gasteiger partial charge in [0, 0.05) is 6.07 Å². The van der Waals surface area contributed by atoms with Gasteiger partial charge in [0.1, 0.15) is 5.01 Å². The summed E-state index contributed by atoms with van der Waals surface area (Å²) in [7, 11) is 0. The third-order valence-corrected chi connectivity index (χ3v) is 5.34. The maximum Gasteiger partial charge on any atom is 0.266 e. The number of aryl methyl sites for hydroxylation is 1. The number of rotatable bonds is 6. The van der Waals surface area contributed by atoms with Gasteiger partial charge in [0.05, 0.1) is 12.0 Å². The van der Waals surface area contributed by atoms with Gasteiger partial charge in [-0.05, 0) is 18.6 Å². The second kappa shape index (κ2) is 7.32. The van der Waals surface area contributed by atoms with Crippen molar-refractivity contribution in [1.29, 1.82) is 0 Å². The fourth-order valence-corrected chi connectivity index (χ4v) is 3.68. The summed E-state index contributed by atoms with van der Waals surface area (Å²) in [5, 5.41) is 14.9. The van der Waals surface area contributed by atoms with Crippen LogP contribution in [0.25, 0.3) is 17.2 Å². The molecule has 4 rings (SSSR count). The molecule has 0 aliphatic heterocycles. The van der Waals surface area contributed by atoms with Crippen molar-refractivity contribution >= 4 is 39.8 Å². The molecule has 0 radical (unpaired) electrons. The SMILES string of the molecule is CCc1nnc(NC(=O)CSc2nc(-c3ccco3)nc3cc(=O)[nH]n23)s1. The third kappa shape index (κ3) is 3.75. The number of hydrogen-bond donors (Lipinski definition) is 2. The Bertz CT molecular complexity index is 1150. The minimum atomic E-state index is -0.312. The summed E-state index contributed by atoms with van der Waals surface area (Å²) in [4.78, 5) is 32.6. The molecule has 0 fully saturated rings. The zero-order chi connectivity index (χ0) is 18.8. The molecule has 0 aliphatic rings. The van der Waals surface area contributed by atoms with E-state index in [1.165, 1.54) is 28.2 Å². The number of nitrogens with zero attached hydrogens (tertiary/aromatic N) is 5. The standard InChI is InChI=1S/C15H13N7O3S2/c1-2-12-19-20-14(27-12)17-11(24)7-26-15-18-13(8-4-3-5-25-8)16-9-6-10(23)21-22(9)15/h3-6H,2,7H2,1H3,(H,21,23)(H,17,20,24).